The molecule has 20 heavy (non-hydrogen) atoms. The van der Waals surface area contributed by atoms with Crippen molar-refractivity contribution >= 4 is 11.6 Å². The Morgan fingerprint density at radius 3 is 2.60 bits per heavy atom. The molecule has 1 aliphatic rings. The van der Waals surface area contributed by atoms with Gasteiger partial charge in [-0.15, -0.1) is 0 Å². The van der Waals surface area contributed by atoms with Crippen LogP contribution in [0.4, 0.5) is 5.69 Å². The Labute approximate surface area is 122 Å². The van der Waals surface area contributed by atoms with E-state index in [1.165, 1.54) is 18.4 Å². The number of hydrogen-bond acceptors (Lipinski definition) is 2. The van der Waals surface area contributed by atoms with Crippen molar-refractivity contribution in [3.63, 3.8) is 0 Å². The van der Waals surface area contributed by atoms with Gasteiger partial charge in [0.15, 0.2) is 0 Å². The van der Waals surface area contributed by atoms with Crippen molar-refractivity contribution in [1.29, 1.82) is 0 Å². The van der Waals surface area contributed by atoms with Crippen molar-refractivity contribution in [2.45, 2.75) is 52.5 Å². The summed E-state index contributed by atoms with van der Waals surface area (Å²) in [6, 6.07) is 6.49. The van der Waals surface area contributed by atoms with Crippen molar-refractivity contribution in [3.8, 4) is 0 Å². The van der Waals surface area contributed by atoms with Crippen LogP contribution in [0.25, 0.3) is 0 Å². The van der Waals surface area contributed by atoms with Gasteiger partial charge in [-0.3, -0.25) is 4.79 Å². The van der Waals surface area contributed by atoms with Gasteiger partial charge in [-0.1, -0.05) is 18.9 Å². The second-order valence-corrected chi connectivity index (χ2v) is 5.61. The second kappa shape index (κ2) is 6.78. The first-order valence-corrected chi connectivity index (χ1v) is 7.82. The van der Waals surface area contributed by atoms with Crippen LogP contribution in [0.1, 0.15) is 55.5 Å². The maximum Gasteiger partial charge on any atom is 0.256 e. The minimum absolute atomic E-state index is 0.176. The molecule has 0 spiro atoms. The summed E-state index contributed by atoms with van der Waals surface area (Å²) in [5.74, 6) is 0.176. The van der Waals surface area contributed by atoms with E-state index in [1.54, 1.807) is 0 Å². The highest BCUT2D eigenvalue weighted by Crippen LogP contribution is 2.27. The summed E-state index contributed by atoms with van der Waals surface area (Å²) in [6.45, 7) is 7.83. The fraction of sp³-hybridized carbons (Fsp3) is 0.588. The number of aryl methyl sites for hydroxylation is 1. The molecular weight excluding hydrogens is 248 g/mol. The van der Waals surface area contributed by atoms with E-state index in [0.29, 0.717) is 6.04 Å². The number of carbonyl (C=O) groups excluding carboxylic acids is 1. The third-order valence-corrected chi connectivity index (χ3v) is 4.14. The minimum atomic E-state index is 0.176. The number of anilines is 1. The summed E-state index contributed by atoms with van der Waals surface area (Å²) >= 11 is 0. The number of nitrogens with one attached hydrogen (secondary N) is 1. The number of rotatable bonds is 5. The smallest absolute Gasteiger partial charge is 0.256 e. The Bertz CT molecular complexity index is 464. The zero-order valence-electron chi connectivity index (χ0n) is 12.9. The van der Waals surface area contributed by atoms with Gasteiger partial charge in [0.25, 0.3) is 5.91 Å². The number of benzene rings is 1. The van der Waals surface area contributed by atoms with Crippen molar-refractivity contribution in [3.05, 3.63) is 29.3 Å². The molecule has 1 aliphatic carbocycles. The van der Waals surface area contributed by atoms with Crippen LogP contribution in [-0.2, 0) is 0 Å². The molecule has 1 N–H and O–H groups in total. The lowest BCUT2D eigenvalue weighted by Gasteiger charge is -2.28. The summed E-state index contributed by atoms with van der Waals surface area (Å²) < 4.78 is 0. The quantitative estimate of drug-likeness (QED) is 0.885. The Kier molecular flexibility index (Phi) is 5.05. The van der Waals surface area contributed by atoms with E-state index in [1.807, 2.05) is 12.1 Å². The first kappa shape index (κ1) is 14.9. The van der Waals surface area contributed by atoms with Crippen molar-refractivity contribution in [2.24, 2.45) is 0 Å². The molecule has 0 aromatic heterocycles. The first-order chi connectivity index (χ1) is 9.67. The van der Waals surface area contributed by atoms with Crippen molar-refractivity contribution in [1.82, 2.24) is 4.90 Å². The van der Waals surface area contributed by atoms with Crippen LogP contribution >= 0.6 is 0 Å². The van der Waals surface area contributed by atoms with Gasteiger partial charge in [0, 0.05) is 24.8 Å². The van der Waals surface area contributed by atoms with Gasteiger partial charge in [-0.05, 0) is 51.3 Å². The molecule has 0 atom stereocenters. The predicted molar refractivity (Wildman–Crippen MR) is 84.3 cm³/mol. The largest absolute Gasteiger partial charge is 0.385 e. The van der Waals surface area contributed by atoms with Crippen LogP contribution in [0.2, 0.25) is 0 Å². The molecule has 3 nitrogen and oxygen atoms in total. The van der Waals surface area contributed by atoms with E-state index in [9.17, 15) is 4.79 Å². The van der Waals surface area contributed by atoms with Crippen LogP contribution < -0.4 is 5.32 Å². The maximum atomic E-state index is 12.9. The topological polar surface area (TPSA) is 32.3 Å². The highest BCUT2D eigenvalue weighted by Gasteiger charge is 2.27. The molecule has 0 aliphatic heterocycles. The SMILES string of the molecule is CCNc1cc(C)ccc1C(=O)N(CC)C1CCCC1. The molecule has 1 amide bonds. The highest BCUT2D eigenvalue weighted by molar-refractivity contribution is 6.00. The van der Waals surface area contributed by atoms with Crippen molar-refractivity contribution in [2.75, 3.05) is 18.4 Å². The zero-order chi connectivity index (χ0) is 14.5. The standard InChI is InChI=1S/C17H26N2O/c1-4-18-16-12-13(3)10-11-15(16)17(20)19(5-2)14-8-6-7-9-14/h10-12,14,18H,4-9H2,1-3H3. The van der Waals surface area contributed by atoms with Gasteiger partial charge in [0.1, 0.15) is 0 Å². The molecule has 1 aromatic rings. The van der Waals surface area contributed by atoms with Gasteiger partial charge in [-0.25, -0.2) is 0 Å². The lowest BCUT2D eigenvalue weighted by molar-refractivity contribution is 0.0694. The van der Waals surface area contributed by atoms with Crippen LogP contribution in [0.15, 0.2) is 18.2 Å². The molecule has 3 heteroatoms. The summed E-state index contributed by atoms with van der Waals surface area (Å²) in [6.07, 6.45) is 4.81. The lowest BCUT2D eigenvalue weighted by atomic mass is 10.1. The molecule has 0 saturated heterocycles. The van der Waals surface area contributed by atoms with Crippen molar-refractivity contribution < 1.29 is 4.79 Å². The average molecular weight is 274 g/mol. The summed E-state index contributed by atoms with van der Waals surface area (Å²) in [5, 5.41) is 3.32. The summed E-state index contributed by atoms with van der Waals surface area (Å²) in [7, 11) is 0. The molecule has 1 saturated carbocycles. The summed E-state index contributed by atoms with van der Waals surface area (Å²) in [4.78, 5) is 14.9. The van der Waals surface area contributed by atoms with Gasteiger partial charge >= 0.3 is 0 Å². The van der Waals surface area contributed by atoms with E-state index in [2.05, 4.69) is 37.1 Å². The van der Waals surface area contributed by atoms with E-state index >= 15 is 0 Å². The molecular formula is C17H26N2O. The molecule has 0 bridgehead atoms. The molecule has 1 aromatic carbocycles. The number of amides is 1. The Balaban J connectivity index is 2.26. The number of carbonyl (C=O) groups is 1. The lowest BCUT2D eigenvalue weighted by Crippen LogP contribution is -2.39. The Morgan fingerprint density at radius 2 is 2.00 bits per heavy atom. The average Bonchev–Trinajstić information content (AvgIpc) is 2.94. The van der Waals surface area contributed by atoms with E-state index in [4.69, 9.17) is 0 Å². The van der Waals surface area contributed by atoms with Crippen LogP contribution in [0.5, 0.6) is 0 Å². The minimum Gasteiger partial charge on any atom is -0.385 e. The Hall–Kier alpha value is -1.51. The second-order valence-electron chi connectivity index (χ2n) is 5.61. The third kappa shape index (κ3) is 3.14. The van der Waals surface area contributed by atoms with Gasteiger partial charge in [0.05, 0.1) is 5.56 Å². The third-order valence-electron chi connectivity index (χ3n) is 4.14. The highest BCUT2D eigenvalue weighted by atomic mass is 16.2. The number of nitrogens with zero attached hydrogens (tertiary/aromatic N) is 1. The van der Waals surface area contributed by atoms with Gasteiger partial charge in [-0.2, -0.15) is 0 Å². The molecule has 2 rings (SSSR count). The van der Waals surface area contributed by atoms with Crippen LogP contribution in [0, 0.1) is 6.92 Å². The molecule has 0 radical (unpaired) electrons. The predicted octanol–water partition coefficient (Wildman–Crippen LogP) is 3.83. The normalized spacial score (nSPS) is 15.3. The van der Waals surface area contributed by atoms with Gasteiger partial charge < -0.3 is 10.2 Å². The fourth-order valence-corrected chi connectivity index (χ4v) is 3.12. The molecule has 0 unspecified atom stereocenters. The summed E-state index contributed by atoms with van der Waals surface area (Å²) in [5.41, 5.74) is 2.96. The molecule has 1 fully saturated rings. The van der Waals surface area contributed by atoms with E-state index in [0.717, 1.165) is 37.2 Å². The van der Waals surface area contributed by atoms with Gasteiger partial charge in [0.2, 0.25) is 0 Å². The molecule has 110 valence electrons. The maximum absolute atomic E-state index is 12.9. The first-order valence-electron chi connectivity index (χ1n) is 7.82. The number of hydrogen-bond donors (Lipinski definition) is 1. The molecule has 0 heterocycles. The Morgan fingerprint density at radius 1 is 1.30 bits per heavy atom. The van der Waals surface area contributed by atoms with Crippen LogP contribution in [-0.4, -0.2) is 29.9 Å². The van der Waals surface area contributed by atoms with E-state index < -0.39 is 0 Å². The van der Waals surface area contributed by atoms with E-state index in [-0.39, 0.29) is 5.91 Å². The zero-order valence-corrected chi connectivity index (χ0v) is 12.9. The monoisotopic (exact) mass is 274 g/mol. The fourth-order valence-electron chi connectivity index (χ4n) is 3.12. The van der Waals surface area contributed by atoms with Crippen LogP contribution in [0.3, 0.4) is 0 Å².